The van der Waals surface area contributed by atoms with E-state index >= 15 is 0 Å². The molecule has 0 fully saturated rings. The minimum absolute atomic E-state index is 0.0847. The van der Waals surface area contributed by atoms with E-state index in [-0.39, 0.29) is 5.91 Å². The quantitative estimate of drug-likeness (QED) is 0.472. The van der Waals surface area contributed by atoms with Crippen LogP contribution in [0.3, 0.4) is 0 Å². The average molecular weight is 291 g/mol. The van der Waals surface area contributed by atoms with E-state index in [1.54, 1.807) is 6.21 Å². The molecule has 0 aliphatic heterocycles. The molecule has 0 unspecified atom stereocenters. The fraction of sp³-hybridized carbons (Fsp3) is 0.500. The van der Waals surface area contributed by atoms with Gasteiger partial charge >= 0.3 is 0 Å². The Morgan fingerprint density at radius 1 is 1.19 bits per heavy atom. The molecule has 1 aromatic rings. The molecule has 116 valence electrons. The van der Waals surface area contributed by atoms with Crippen molar-refractivity contribution in [1.29, 1.82) is 0 Å². The van der Waals surface area contributed by atoms with E-state index in [0.717, 1.165) is 18.7 Å². The van der Waals surface area contributed by atoms with E-state index in [1.165, 1.54) is 5.69 Å². The zero-order valence-electron chi connectivity index (χ0n) is 13.8. The van der Waals surface area contributed by atoms with Crippen LogP contribution in [0.2, 0.25) is 0 Å². The van der Waals surface area contributed by atoms with Crippen LogP contribution in [0.1, 0.15) is 19.4 Å². The maximum atomic E-state index is 11.6. The summed E-state index contributed by atoms with van der Waals surface area (Å²) in [6.07, 6.45) is 1.67. The summed E-state index contributed by atoms with van der Waals surface area (Å²) in [5.41, 5.74) is 4.72. The van der Waals surface area contributed by atoms with Crippen molar-refractivity contribution in [3.63, 3.8) is 0 Å². The highest BCUT2D eigenvalue weighted by molar-refractivity contribution is 5.83. The summed E-state index contributed by atoms with van der Waals surface area (Å²) in [6, 6.07) is 8.15. The summed E-state index contributed by atoms with van der Waals surface area (Å²) in [5.74, 6) is -0.0847. The minimum Gasteiger partial charge on any atom is -0.372 e. The van der Waals surface area contributed by atoms with Crippen LogP contribution in [0, 0.1) is 0 Å². The molecule has 1 aromatic carbocycles. The Bertz CT molecular complexity index is 470. The standard InChI is InChI=1S/C16H26N4O/c1-6-19(7-2)15-10-8-14(9-11-15)12-17-18-16(21)13-20(3,4)5/h8-12H,6-7,13H2,1-5H3/p+1/b17-12+. The maximum absolute atomic E-state index is 11.6. The van der Waals surface area contributed by atoms with Gasteiger partial charge in [0.05, 0.1) is 27.4 Å². The van der Waals surface area contributed by atoms with Crippen molar-refractivity contribution < 1.29 is 9.28 Å². The predicted molar refractivity (Wildman–Crippen MR) is 88.6 cm³/mol. The molecule has 5 nitrogen and oxygen atoms in total. The highest BCUT2D eigenvalue weighted by Gasteiger charge is 2.12. The fourth-order valence-corrected chi connectivity index (χ4v) is 2.00. The number of hydrazone groups is 1. The van der Waals surface area contributed by atoms with E-state index < -0.39 is 0 Å². The van der Waals surface area contributed by atoms with Gasteiger partial charge in [-0.2, -0.15) is 5.10 Å². The topological polar surface area (TPSA) is 44.7 Å². The number of hydrogen-bond acceptors (Lipinski definition) is 3. The Hall–Kier alpha value is -1.88. The number of hydrogen-bond donors (Lipinski definition) is 1. The Labute approximate surface area is 127 Å². The summed E-state index contributed by atoms with van der Waals surface area (Å²) in [6.45, 7) is 6.67. The van der Waals surface area contributed by atoms with Crippen molar-refractivity contribution in [3.8, 4) is 0 Å². The lowest BCUT2D eigenvalue weighted by Crippen LogP contribution is -2.43. The highest BCUT2D eigenvalue weighted by atomic mass is 16.2. The normalized spacial score (nSPS) is 11.7. The van der Waals surface area contributed by atoms with Crippen LogP contribution in [0.25, 0.3) is 0 Å². The number of likely N-dealkylation sites (N-methyl/N-ethyl adjacent to an activating group) is 1. The van der Waals surface area contributed by atoms with E-state index in [1.807, 2.05) is 33.3 Å². The van der Waals surface area contributed by atoms with Crippen LogP contribution in [0.5, 0.6) is 0 Å². The zero-order valence-corrected chi connectivity index (χ0v) is 13.8. The first-order valence-electron chi connectivity index (χ1n) is 7.33. The number of benzene rings is 1. The van der Waals surface area contributed by atoms with Crippen LogP contribution < -0.4 is 10.3 Å². The summed E-state index contributed by atoms with van der Waals surface area (Å²) in [7, 11) is 5.90. The summed E-state index contributed by atoms with van der Waals surface area (Å²) >= 11 is 0. The summed E-state index contributed by atoms with van der Waals surface area (Å²) < 4.78 is 0.583. The third-order valence-electron chi connectivity index (χ3n) is 3.04. The molecule has 0 aromatic heterocycles. The highest BCUT2D eigenvalue weighted by Crippen LogP contribution is 2.13. The molecular weight excluding hydrogens is 264 g/mol. The van der Waals surface area contributed by atoms with Gasteiger partial charge in [-0.25, -0.2) is 5.43 Å². The number of quaternary nitrogens is 1. The van der Waals surface area contributed by atoms with Gasteiger partial charge in [0.1, 0.15) is 0 Å². The first-order chi connectivity index (χ1) is 9.85. The minimum atomic E-state index is -0.0847. The number of rotatable bonds is 7. The molecule has 0 spiro atoms. The number of anilines is 1. The van der Waals surface area contributed by atoms with Crippen molar-refractivity contribution in [3.05, 3.63) is 29.8 Å². The van der Waals surface area contributed by atoms with Gasteiger partial charge in [-0.3, -0.25) is 4.79 Å². The first kappa shape index (κ1) is 17.2. The van der Waals surface area contributed by atoms with Crippen molar-refractivity contribution in [2.45, 2.75) is 13.8 Å². The van der Waals surface area contributed by atoms with Crippen LogP contribution in [-0.2, 0) is 4.79 Å². The molecule has 0 saturated heterocycles. The molecule has 0 radical (unpaired) electrons. The molecule has 1 N–H and O–H groups in total. The summed E-state index contributed by atoms with van der Waals surface area (Å²) in [4.78, 5) is 13.9. The van der Waals surface area contributed by atoms with Gasteiger partial charge in [-0.05, 0) is 31.5 Å². The molecule has 0 aliphatic carbocycles. The monoisotopic (exact) mass is 291 g/mol. The van der Waals surface area contributed by atoms with Crippen LogP contribution >= 0.6 is 0 Å². The fourth-order valence-electron chi connectivity index (χ4n) is 2.00. The van der Waals surface area contributed by atoms with Gasteiger partial charge in [0.2, 0.25) is 0 Å². The van der Waals surface area contributed by atoms with Crippen molar-refractivity contribution in [2.75, 3.05) is 45.7 Å². The van der Waals surface area contributed by atoms with Crippen LogP contribution in [-0.4, -0.2) is 57.4 Å². The van der Waals surface area contributed by atoms with Gasteiger partial charge in [0, 0.05) is 18.8 Å². The molecule has 1 rings (SSSR count). The smallest absolute Gasteiger partial charge is 0.295 e. The molecule has 21 heavy (non-hydrogen) atoms. The SMILES string of the molecule is CCN(CC)c1ccc(/C=N/NC(=O)C[N+](C)(C)C)cc1. The molecule has 0 atom stereocenters. The first-order valence-corrected chi connectivity index (χ1v) is 7.33. The summed E-state index contributed by atoms with van der Waals surface area (Å²) in [5, 5.41) is 3.99. The average Bonchev–Trinajstić information content (AvgIpc) is 2.40. The molecule has 0 aliphatic rings. The van der Waals surface area contributed by atoms with Crippen LogP contribution in [0.4, 0.5) is 5.69 Å². The Kier molecular flexibility index (Phi) is 6.37. The van der Waals surface area contributed by atoms with E-state index in [4.69, 9.17) is 0 Å². The van der Waals surface area contributed by atoms with Gasteiger partial charge in [-0.15, -0.1) is 0 Å². The molecule has 1 amide bonds. The second-order valence-corrected chi connectivity index (χ2v) is 6.01. The predicted octanol–water partition coefficient (Wildman–Crippen LogP) is 1.69. The van der Waals surface area contributed by atoms with Gasteiger partial charge in [0.15, 0.2) is 6.54 Å². The second kappa shape index (κ2) is 7.78. The number of nitrogens with one attached hydrogen (secondary N) is 1. The number of carbonyl (C=O) groups excluding carboxylic acids is 1. The van der Waals surface area contributed by atoms with Gasteiger partial charge < -0.3 is 9.38 Å². The van der Waals surface area contributed by atoms with E-state index in [0.29, 0.717) is 11.0 Å². The van der Waals surface area contributed by atoms with Gasteiger partial charge in [0.25, 0.3) is 5.91 Å². The Morgan fingerprint density at radius 3 is 2.24 bits per heavy atom. The lowest BCUT2D eigenvalue weighted by molar-refractivity contribution is -0.862. The van der Waals surface area contributed by atoms with Crippen LogP contribution in [0.15, 0.2) is 29.4 Å². The second-order valence-electron chi connectivity index (χ2n) is 6.01. The number of amides is 1. The lowest BCUT2D eigenvalue weighted by Gasteiger charge is -2.22. The zero-order chi connectivity index (χ0) is 15.9. The molecule has 0 saturated carbocycles. The lowest BCUT2D eigenvalue weighted by atomic mass is 10.2. The van der Waals surface area contributed by atoms with Gasteiger partial charge in [-0.1, -0.05) is 12.1 Å². The number of carbonyl (C=O) groups is 1. The van der Waals surface area contributed by atoms with Crippen molar-refractivity contribution >= 4 is 17.8 Å². The maximum Gasteiger partial charge on any atom is 0.295 e. The largest absolute Gasteiger partial charge is 0.372 e. The van der Waals surface area contributed by atoms with E-state index in [2.05, 4.69) is 41.4 Å². The molecule has 0 bridgehead atoms. The third-order valence-corrected chi connectivity index (χ3v) is 3.04. The third kappa shape index (κ3) is 6.40. The van der Waals surface area contributed by atoms with E-state index in [9.17, 15) is 4.79 Å². The Balaban J connectivity index is 2.56. The molecular formula is C16H27N4O+. The number of nitrogens with zero attached hydrogens (tertiary/aromatic N) is 3. The molecule has 0 heterocycles. The van der Waals surface area contributed by atoms with Crippen molar-refractivity contribution in [1.82, 2.24) is 5.43 Å². The Morgan fingerprint density at radius 2 is 1.76 bits per heavy atom. The molecule has 5 heteroatoms. The van der Waals surface area contributed by atoms with Crippen molar-refractivity contribution in [2.24, 2.45) is 5.10 Å².